The number of likely N-dealkylation sites (N-methyl/N-ethyl adjacent to an activating group) is 1. The third kappa shape index (κ3) is 5.21. The van der Waals surface area contributed by atoms with Crippen LogP contribution in [0.2, 0.25) is 0 Å². The van der Waals surface area contributed by atoms with E-state index < -0.39 is 34.0 Å². The maximum absolute atomic E-state index is 13.4. The summed E-state index contributed by atoms with van der Waals surface area (Å²) >= 11 is 1.02. The average molecular weight is 495 g/mol. The number of carbonyl (C=O) groups excluding carboxylic acids is 2. The van der Waals surface area contributed by atoms with E-state index in [0.29, 0.717) is 11.4 Å². The number of anilines is 1. The van der Waals surface area contributed by atoms with Gasteiger partial charge in [0.25, 0.3) is 5.56 Å². The lowest BCUT2D eigenvalue weighted by molar-refractivity contribution is -0.116. The van der Waals surface area contributed by atoms with E-state index in [-0.39, 0.29) is 28.1 Å². The maximum atomic E-state index is 13.4. The van der Waals surface area contributed by atoms with E-state index >= 15 is 0 Å². The second-order valence-electron chi connectivity index (χ2n) is 6.91. The predicted octanol–water partition coefficient (Wildman–Crippen LogP) is 1.46. The number of aromatic nitrogens is 2. The van der Waals surface area contributed by atoms with Gasteiger partial charge < -0.3 is 14.8 Å². The van der Waals surface area contributed by atoms with Crippen molar-refractivity contribution in [1.82, 2.24) is 14.1 Å². The summed E-state index contributed by atoms with van der Waals surface area (Å²) in [6.45, 7) is 1.30. The molecule has 13 heteroatoms. The van der Waals surface area contributed by atoms with Crippen LogP contribution in [0.25, 0.3) is 16.5 Å². The van der Waals surface area contributed by atoms with Gasteiger partial charge in [-0.15, -0.1) is 11.3 Å². The molecule has 0 radical (unpaired) electrons. The van der Waals surface area contributed by atoms with Crippen LogP contribution in [0.1, 0.15) is 17.4 Å². The molecular formula is C20H22N4O7S2. The van der Waals surface area contributed by atoms with Gasteiger partial charge in [0.05, 0.1) is 37.6 Å². The highest BCUT2D eigenvalue weighted by atomic mass is 32.2. The number of hydrogen-bond donors (Lipinski definition) is 1. The second-order valence-corrected chi connectivity index (χ2v) is 9.88. The number of esters is 1. The molecule has 0 aliphatic rings. The van der Waals surface area contributed by atoms with Crippen LogP contribution in [0.3, 0.4) is 0 Å². The van der Waals surface area contributed by atoms with Gasteiger partial charge in [0, 0.05) is 23.9 Å². The summed E-state index contributed by atoms with van der Waals surface area (Å²) in [7, 11) is -0.835. The van der Waals surface area contributed by atoms with Crippen molar-refractivity contribution in [3.05, 3.63) is 45.7 Å². The molecule has 3 aromatic rings. The highest BCUT2D eigenvalue weighted by Crippen LogP contribution is 2.31. The Balaban J connectivity index is 2.15. The minimum absolute atomic E-state index is 0.0521. The van der Waals surface area contributed by atoms with Crippen LogP contribution in [0, 0.1) is 0 Å². The van der Waals surface area contributed by atoms with E-state index in [1.54, 1.807) is 31.2 Å². The number of thiophene rings is 1. The highest BCUT2D eigenvalue weighted by molar-refractivity contribution is 7.88. The Kier molecular flexibility index (Phi) is 7.15. The fourth-order valence-electron chi connectivity index (χ4n) is 2.89. The standard InChI is InChI=1S/C20H22N4O7S2/c1-5-31-20(27)17-14-11-32-18(21-15(25)10-23(2)33(4,28)29)16(14)19(26)24(22-17)12-7-6-8-13(9-12)30-3/h6-9,11H,5,10H2,1-4H3,(H,21,25). The lowest BCUT2D eigenvalue weighted by Gasteiger charge is -2.13. The largest absolute Gasteiger partial charge is 0.497 e. The Labute approximate surface area is 193 Å². The number of fused-ring (bicyclic) bond motifs is 1. The highest BCUT2D eigenvalue weighted by Gasteiger charge is 2.24. The normalized spacial score (nSPS) is 11.5. The number of ether oxygens (including phenoxy) is 2. The van der Waals surface area contributed by atoms with E-state index in [4.69, 9.17) is 9.47 Å². The molecule has 2 heterocycles. The van der Waals surface area contributed by atoms with Crippen molar-refractivity contribution in [1.29, 1.82) is 0 Å². The first-order valence-corrected chi connectivity index (χ1v) is 12.4. The van der Waals surface area contributed by atoms with E-state index in [2.05, 4.69) is 10.4 Å². The molecule has 0 bridgehead atoms. The Hall–Kier alpha value is -3.29. The number of nitrogens with one attached hydrogen (secondary N) is 1. The van der Waals surface area contributed by atoms with Gasteiger partial charge in [-0.25, -0.2) is 13.2 Å². The lowest BCUT2D eigenvalue weighted by Crippen LogP contribution is -2.34. The maximum Gasteiger partial charge on any atom is 0.359 e. The summed E-state index contributed by atoms with van der Waals surface area (Å²) in [5.74, 6) is -0.901. The summed E-state index contributed by atoms with van der Waals surface area (Å²) in [5, 5.41) is 8.73. The summed E-state index contributed by atoms with van der Waals surface area (Å²) < 4.78 is 35.4. The first kappa shape index (κ1) is 24.4. The molecule has 0 aliphatic heterocycles. The number of nitrogens with zero attached hydrogens (tertiary/aromatic N) is 3. The molecule has 33 heavy (non-hydrogen) atoms. The quantitative estimate of drug-likeness (QED) is 0.465. The van der Waals surface area contributed by atoms with Gasteiger partial charge in [-0.1, -0.05) is 6.07 Å². The zero-order valence-electron chi connectivity index (χ0n) is 18.3. The third-order valence-electron chi connectivity index (χ3n) is 4.60. The molecule has 1 N–H and O–H groups in total. The minimum atomic E-state index is -3.57. The minimum Gasteiger partial charge on any atom is -0.497 e. The SMILES string of the molecule is CCOC(=O)c1nn(-c2cccc(OC)c2)c(=O)c2c(NC(=O)CN(C)S(C)(=O)=O)scc12. The van der Waals surface area contributed by atoms with Crippen LogP contribution in [-0.4, -0.2) is 67.9 Å². The number of amides is 1. The van der Waals surface area contributed by atoms with Crippen LogP contribution in [0.4, 0.5) is 5.00 Å². The molecule has 3 rings (SSSR count). The molecule has 1 amide bonds. The number of benzene rings is 1. The number of carbonyl (C=O) groups is 2. The Morgan fingerprint density at radius 1 is 1.30 bits per heavy atom. The Bertz CT molecular complexity index is 1380. The molecule has 1 aromatic carbocycles. The molecular weight excluding hydrogens is 472 g/mol. The third-order valence-corrected chi connectivity index (χ3v) is 6.76. The van der Waals surface area contributed by atoms with E-state index in [1.165, 1.54) is 19.5 Å². The van der Waals surface area contributed by atoms with Crippen molar-refractivity contribution >= 4 is 49.0 Å². The van der Waals surface area contributed by atoms with Gasteiger partial charge in [0.2, 0.25) is 15.9 Å². The van der Waals surface area contributed by atoms with Crippen LogP contribution in [0.15, 0.2) is 34.4 Å². The van der Waals surface area contributed by atoms with Gasteiger partial charge in [-0.05, 0) is 19.1 Å². The molecule has 176 valence electrons. The molecule has 2 aromatic heterocycles. The summed E-state index contributed by atoms with van der Waals surface area (Å²) in [6, 6.07) is 6.53. The zero-order valence-corrected chi connectivity index (χ0v) is 19.9. The van der Waals surface area contributed by atoms with Gasteiger partial charge in [-0.3, -0.25) is 9.59 Å². The van der Waals surface area contributed by atoms with E-state index in [0.717, 1.165) is 26.6 Å². The van der Waals surface area contributed by atoms with Crippen LogP contribution >= 0.6 is 11.3 Å². The summed E-state index contributed by atoms with van der Waals surface area (Å²) in [6.07, 6.45) is 0.977. The van der Waals surface area contributed by atoms with Crippen molar-refractivity contribution in [3.63, 3.8) is 0 Å². The zero-order chi connectivity index (χ0) is 24.3. The Morgan fingerprint density at radius 3 is 2.67 bits per heavy atom. The van der Waals surface area contributed by atoms with Gasteiger partial charge in [0.15, 0.2) is 5.69 Å². The smallest absolute Gasteiger partial charge is 0.359 e. The predicted molar refractivity (Wildman–Crippen MR) is 124 cm³/mol. The summed E-state index contributed by atoms with van der Waals surface area (Å²) in [5.41, 5.74) is -0.342. The molecule has 0 atom stereocenters. The number of hydrogen-bond acceptors (Lipinski definition) is 9. The van der Waals surface area contributed by atoms with E-state index in [1.807, 2.05) is 0 Å². The number of sulfonamides is 1. The first-order chi connectivity index (χ1) is 15.6. The molecule has 0 saturated heterocycles. The fourth-order valence-corrected chi connectivity index (χ4v) is 4.20. The molecule has 0 fully saturated rings. The molecule has 0 aliphatic carbocycles. The number of rotatable bonds is 8. The fraction of sp³-hybridized carbons (Fsp3) is 0.300. The molecule has 0 unspecified atom stereocenters. The van der Waals surface area contributed by atoms with Crippen molar-refractivity contribution < 1.29 is 27.5 Å². The van der Waals surface area contributed by atoms with E-state index in [9.17, 15) is 22.8 Å². The van der Waals surface area contributed by atoms with Crippen molar-refractivity contribution in [2.24, 2.45) is 0 Å². The second kappa shape index (κ2) is 9.68. The Morgan fingerprint density at radius 2 is 2.03 bits per heavy atom. The molecule has 0 saturated carbocycles. The van der Waals surface area contributed by atoms with Crippen LogP contribution in [-0.2, 0) is 19.6 Å². The first-order valence-electron chi connectivity index (χ1n) is 9.64. The van der Waals surface area contributed by atoms with Gasteiger partial charge in [-0.2, -0.15) is 14.1 Å². The van der Waals surface area contributed by atoms with Crippen molar-refractivity contribution in [2.45, 2.75) is 6.92 Å². The molecule has 0 spiro atoms. The topological polar surface area (TPSA) is 137 Å². The van der Waals surface area contributed by atoms with Crippen molar-refractivity contribution in [2.75, 3.05) is 38.9 Å². The monoisotopic (exact) mass is 494 g/mol. The molecule has 11 nitrogen and oxygen atoms in total. The van der Waals surface area contributed by atoms with Gasteiger partial charge in [0.1, 0.15) is 10.8 Å². The average Bonchev–Trinajstić information content (AvgIpc) is 3.17. The number of methoxy groups -OCH3 is 1. The van der Waals surface area contributed by atoms with Gasteiger partial charge >= 0.3 is 5.97 Å². The van der Waals surface area contributed by atoms with Crippen LogP contribution < -0.4 is 15.6 Å². The van der Waals surface area contributed by atoms with Crippen LogP contribution in [0.5, 0.6) is 5.75 Å². The lowest BCUT2D eigenvalue weighted by atomic mass is 10.2. The van der Waals surface area contributed by atoms with Crippen molar-refractivity contribution in [3.8, 4) is 11.4 Å². The summed E-state index contributed by atoms with van der Waals surface area (Å²) in [4.78, 5) is 38.4.